The molecule has 0 bridgehead atoms. The van der Waals surface area contributed by atoms with E-state index in [2.05, 4.69) is 0 Å². The van der Waals surface area contributed by atoms with Crippen LogP contribution in [0.2, 0.25) is 0 Å². The summed E-state index contributed by atoms with van der Waals surface area (Å²) in [6.45, 7) is 2.91. The largest absolute Gasteiger partial charge is 1.00 e. The molecule has 52 valence electrons. The monoisotopic (exact) mass is 130 g/mol. The maximum atomic E-state index is 7.04. The molecule has 0 spiro atoms. The summed E-state index contributed by atoms with van der Waals surface area (Å²) in [4.78, 5) is 1.80. The van der Waals surface area contributed by atoms with Crippen LogP contribution in [0.25, 0.3) is 0 Å². The van der Waals surface area contributed by atoms with Crippen molar-refractivity contribution in [1.82, 2.24) is 4.90 Å². The SMILES string of the molecule is N=C(N)N1CCOCC1.[H+]. The van der Waals surface area contributed by atoms with Gasteiger partial charge in [0.1, 0.15) is 0 Å². The van der Waals surface area contributed by atoms with E-state index in [1.165, 1.54) is 0 Å². The molecular formula is C5H12N3O+. The highest BCUT2D eigenvalue weighted by Gasteiger charge is 2.09. The Morgan fingerprint density at radius 3 is 2.44 bits per heavy atom. The van der Waals surface area contributed by atoms with Crippen LogP contribution in [-0.4, -0.2) is 37.2 Å². The van der Waals surface area contributed by atoms with Gasteiger partial charge in [0.2, 0.25) is 0 Å². The molecule has 1 saturated heterocycles. The average Bonchev–Trinajstić information content (AvgIpc) is 1.90. The Morgan fingerprint density at radius 2 is 2.11 bits per heavy atom. The summed E-state index contributed by atoms with van der Waals surface area (Å²) < 4.78 is 5.06. The lowest BCUT2D eigenvalue weighted by Gasteiger charge is -2.26. The summed E-state index contributed by atoms with van der Waals surface area (Å²) in [5, 5.41) is 7.04. The quantitative estimate of drug-likeness (QED) is 0.337. The van der Waals surface area contributed by atoms with Crippen molar-refractivity contribution in [1.29, 1.82) is 5.41 Å². The first-order valence-corrected chi connectivity index (χ1v) is 2.97. The Labute approximate surface area is 55.6 Å². The van der Waals surface area contributed by atoms with Gasteiger partial charge in [0.05, 0.1) is 13.2 Å². The standard InChI is InChI=1S/C5H11N3O/c6-5(7)8-1-3-9-4-2-8/h1-4H2,(H3,6,7)/p+1. The molecule has 4 nitrogen and oxygen atoms in total. The highest BCUT2D eigenvalue weighted by Crippen LogP contribution is 1.93. The minimum absolute atomic E-state index is 0. The number of nitrogens with zero attached hydrogens (tertiary/aromatic N) is 1. The molecule has 4 heteroatoms. The van der Waals surface area contributed by atoms with Gasteiger partial charge in [-0.05, 0) is 0 Å². The van der Waals surface area contributed by atoms with Crippen molar-refractivity contribution in [3.05, 3.63) is 0 Å². The van der Waals surface area contributed by atoms with Crippen LogP contribution < -0.4 is 5.73 Å². The highest BCUT2D eigenvalue weighted by atomic mass is 16.5. The molecule has 0 radical (unpaired) electrons. The normalized spacial score (nSPS) is 19.8. The Bertz CT molecular complexity index is 113. The first-order valence-electron chi connectivity index (χ1n) is 2.97. The highest BCUT2D eigenvalue weighted by molar-refractivity contribution is 5.74. The van der Waals surface area contributed by atoms with Crippen molar-refractivity contribution in [2.24, 2.45) is 5.73 Å². The van der Waals surface area contributed by atoms with Crippen LogP contribution in [0.3, 0.4) is 0 Å². The number of nitrogens with one attached hydrogen (secondary N) is 1. The van der Waals surface area contributed by atoms with E-state index in [1.807, 2.05) is 0 Å². The Hall–Kier alpha value is -0.770. The number of ether oxygens (including phenoxy) is 1. The van der Waals surface area contributed by atoms with E-state index >= 15 is 0 Å². The van der Waals surface area contributed by atoms with Crippen molar-refractivity contribution < 1.29 is 6.16 Å². The predicted molar refractivity (Wildman–Crippen MR) is 35.4 cm³/mol. The van der Waals surface area contributed by atoms with Crippen LogP contribution in [-0.2, 0) is 4.74 Å². The fourth-order valence-electron chi connectivity index (χ4n) is 0.804. The van der Waals surface area contributed by atoms with Crippen LogP contribution in [0.5, 0.6) is 0 Å². The molecule has 0 atom stereocenters. The van der Waals surface area contributed by atoms with Gasteiger partial charge in [0, 0.05) is 13.1 Å². The molecule has 0 aromatic carbocycles. The van der Waals surface area contributed by atoms with Crippen LogP contribution in [0.1, 0.15) is 1.43 Å². The number of morpholine rings is 1. The van der Waals surface area contributed by atoms with Gasteiger partial charge in [-0.25, -0.2) is 0 Å². The first kappa shape index (κ1) is 6.35. The first-order chi connectivity index (χ1) is 4.30. The lowest BCUT2D eigenvalue weighted by atomic mass is 10.4. The van der Waals surface area contributed by atoms with Gasteiger partial charge in [-0.15, -0.1) is 0 Å². The smallest absolute Gasteiger partial charge is 0.378 e. The zero-order valence-electron chi connectivity index (χ0n) is 6.26. The molecule has 1 aliphatic rings. The van der Waals surface area contributed by atoms with Crippen LogP contribution in [0, 0.1) is 5.41 Å². The molecule has 1 aliphatic heterocycles. The van der Waals surface area contributed by atoms with E-state index < -0.39 is 0 Å². The maximum Gasteiger partial charge on any atom is 1.00 e. The second-order valence-electron chi connectivity index (χ2n) is 1.98. The van der Waals surface area contributed by atoms with Gasteiger partial charge in [0.15, 0.2) is 5.96 Å². The minimum atomic E-state index is 0. The second kappa shape index (κ2) is 2.68. The van der Waals surface area contributed by atoms with E-state index in [9.17, 15) is 0 Å². The number of nitrogens with two attached hydrogens (primary N) is 1. The Balaban J connectivity index is 0.000000810. The third-order valence-corrected chi connectivity index (χ3v) is 1.35. The number of hydrogen-bond donors (Lipinski definition) is 2. The van der Waals surface area contributed by atoms with Gasteiger partial charge in [-0.1, -0.05) is 0 Å². The van der Waals surface area contributed by atoms with Crippen molar-refractivity contribution in [3.8, 4) is 0 Å². The van der Waals surface area contributed by atoms with E-state index in [0.717, 1.165) is 13.1 Å². The maximum absolute atomic E-state index is 7.04. The summed E-state index contributed by atoms with van der Waals surface area (Å²) in [6, 6.07) is 0. The van der Waals surface area contributed by atoms with E-state index in [1.54, 1.807) is 4.90 Å². The molecule has 1 rings (SSSR count). The van der Waals surface area contributed by atoms with Gasteiger partial charge in [0.25, 0.3) is 0 Å². The fraction of sp³-hybridized carbons (Fsp3) is 0.800. The van der Waals surface area contributed by atoms with E-state index in [0.29, 0.717) is 13.2 Å². The second-order valence-corrected chi connectivity index (χ2v) is 1.98. The summed E-state index contributed by atoms with van der Waals surface area (Å²) in [6.07, 6.45) is 0. The van der Waals surface area contributed by atoms with E-state index in [4.69, 9.17) is 15.9 Å². The zero-order valence-corrected chi connectivity index (χ0v) is 5.26. The third-order valence-electron chi connectivity index (χ3n) is 1.35. The lowest BCUT2D eigenvalue weighted by Crippen LogP contribution is -2.44. The van der Waals surface area contributed by atoms with Crippen LogP contribution in [0.4, 0.5) is 0 Å². The summed E-state index contributed by atoms with van der Waals surface area (Å²) in [5.41, 5.74) is 5.22. The number of hydrogen-bond acceptors (Lipinski definition) is 2. The topological polar surface area (TPSA) is 62.3 Å². The molecule has 3 N–H and O–H groups in total. The van der Waals surface area contributed by atoms with Crippen molar-refractivity contribution in [3.63, 3.8) is 0 Å². The summed E-state index contributed by atoms with van der Waals surface area (Å²) in [7, 11) is 0. The fourth-order valence-corrected chi connectivity index (χ4v) is 0.804. The summed E-state index contributed by atoms with van der Waals surface area (Å²) >= 11 is 0. The molecule has 1 fully saturated rings. The molecule has 0 amide bonds. The zero-order chi connectivity index (χ0) is 6.69. The van der Waals surface area contributed by atoms with Crippen molar-refractivity contribution in [2.45, 2.75) is 0 Å². The number of rotatable bonds is 0. The van der Waals surface area contributed by atoms with Crippen molar-refractivity contribution >= 4 is 5.96 Å². The summed E-state index contributed by atoms with van der Waals surface area (Å²) in [5.74, 6) is 0.151. The van der Waals surface area contributed by atoms with Gasteiger partial charge in [-0.2, -0.15) is 0 Å². The predicted octanol–water partition coefficient (Wildman–Crippen LogP) is -0.675. The Morgan fingerprint density at radius 1 is 1.56 bits per heavy atom. The molecule has 1 heterocycles. The third kappa shape index (κ3) is 1.57. The van der Waals surface area contributed by atoms with Gasteiger partial charge in [-0.3, -0.25) is 5.41 Å². The van der Waals surface area contributed by atoms with E-state index in [-0.39, 0.29) is 7.39 Å². The molecule has 0 aliphatic carbocycles. The molecule has 0 unspecified atom stereocenters. The number of guanidine groups is 1. The molecule has 0 aromatic heterocycles. The van der Waals surface area contributed by atoms with Crippen molar-refractivity contribution in [2.75, 3.05) is 26.3 Å². The van der Waals surface area contributed by atoms with Crippen LogP contribution in [0.15, 0.2) is 0 Å². The van der Waals surface area contributed by atoms with Gasteiger partial charge < -0.3 is 15.4 Å². The van der Waals surface area contributed by atoms with Gasteiger partial charge >= 0.3 is 1.43 Å². The van der Waals surface area contributed by atoms with Crippen LogP contribution >= 0.6 is 0 Å². The molecule has 0 saturated carbocycles. The molecular weight excluding hydrogens is 118 g/mol. The average molecular weight is 130 g/mol. The lowest BCUT2D eigenvalue weighted by molar-refractivity contribution is 0.0672. The Kier molecular flexibility index (Phi) is 1.89. The minimum Gasteiger partial charge on any atom is -0.378 e. The molecule has 0 aromatic rings. The molecule has 9 heavy (non-hydrogen) atoms.